The van der Waals surface area contributed by atoms with Gasteiger partial charge in [-0.25, -0.2) is 0 Å². The van der Waals surface area contributed by atoms with Crippen LogP contribution >= 0.6 is 0 Å². The van der Waals surface area contributed by atoms with Crippen LogP contribution in [0.1, 0.15) is 39.9 Å². The fourth-order valence-corrected chi connectivity index (χ4v) is 4.05. The van der Waals surface area contributed by atoms with Gasteiger partial charge in [0.15, 0.2) is 0 Å². The van der Waals surface area contributed by atoms with Crippen LogP contribution in [-0.4, -0.2) is 30.5 Å². The molecule has 1 amide bonds. The van der Waals surface area contributed by atoms with Gasteiger partial charge in [0.2, 0.25) is 0 Å². The molecule has 1 spiro atoms. The van der Waals surface area contributed by atoms with E-state index >= 15 is 0 Å². The first-order valence-electron chi connectivity index (χ1n) is 8.93. The minimum atomic E-state index is 0.0316. The monoisotopic (exact) mass is 336 g/mol. The van der Waals surface area contributed by atoms with E-state index in [4.69, 9.17) is 10.5 Å². The van der Waals surface area contributed by atoms with Gasteiger partial charge in [-0.3, -0.25) is 4.79 Å². The number of carbonyl (C=O) groups is 1. The van der Waals surface area contributed by atoms with E-state index in [-0.39, 0.29) is 11.3 Å². The lowest BCUT2D eigenvalue weighted by molar-refractivity contribution is 0.0646. The van der Waals surface area contributed by atoms with Gasteiger partial charge in [-0.05, 0) is 43.5 Å². The first kappa shape index (κ1) is 16.2. The number of likely N-dealkylation sites (tertiary alicyclic amines) is 1. The van der Waals surface area contributed by atoms with E-state index in [0.29, 0.717) is 13.2 Å². The third-order valence-electron chi connectivity index (χ3n) is 5.63. The number of nitrogens with two attached hydrogens (primary N) is 1. The van der Waals surface area contributed by atoms with Crippen LogP contribution in [0.5, 0.6) is 5.75 Å². The van der Waals surface area contributed by atoms with Crippen molar-refractivity contribution in [1.29, 1.82) is 0 Å². The molecule has 25 heavy (non-hydrogen) atoms. The molecule has 130 valence electrons. The molecule has 2 aliphatic heterocycles. The minimum Gasteiger partial charge on any atom is -0.492 e. The van der Waals surface area contributed by atoms with Crippen LogP contribution in [0.4, 0.5) is 0 Å². The lowest BCUT2D eigenvalue weighted by atomic mass is 9.74. The fraction of sp³-hybridized carbons (Fsp3) is 0.381. The summed E-state index contributed by atoms with van der Waals surface area (Å²) >= 11 is 0. The van der Waals surface area contributed by atoms with Gasteiger partial charge in [0.05, 0.1) is 6.61 Å². The molecule has 2 heterocycles. The number of hydrogen-bond donors (Lipinski definition) is 1. The molecule has 2 aromatic rings. The summed E-state index contributed by atoms with van der Waals surface area (Å²) in [6.07, 6.45) is 1.87. The largest absolute Gasteiger partial charge is 0.492 e. The summed E-state index contributed by atoms with van der Waals surface area (Å²) in [5.41, 5.74) is 10.2. The zero-order valence-electron chi connectivity index (χ0n) is 14.6. The van der Waals surface area contributed by atoms with Crippen LogP contribution in [0.2, 0.25) is 0 Å². The van der Waals surface area contributed by atoms with E-state index in [1.807, 2.05) is 48.2 Å². The van der Waals surface area contributed by atoms with Crippen molar-refractivity contribution in [1.82, 2.24) is 4.90 Å². The first-order valence-corrected chi connectivity index (χ1v) is 8.93. The minimum absolute atomic E-state index is 0.0316. The summed E-state index contributed by atoms with van der Waals surface area (Å²) in [6, 6.07) is 14.1. The molecule has 0 unspecified atom stereocenters. The number of amides is 1. The van der Waals surface area contributed by atoms with Crippen LogP contribution in [0.3, 0.4) is 0 Å². The second kappa shape index (κ2) is 6.19. The van der Waals surface area contributed by atoms with Crippen LogP contribution < -0.4 is 10.5 Å². The predicted molar refractivity (Wildman–Crippen MR) is 97.8 cm³/mol. The first-order chi connectivity index (χ1) is 12.1. The van der Waals surface area contributed by atoms with Crippen LogP contribution in [0.25, 0.3) is 0 Å². The molecule has 4 rings (SSSR count). The lowest BCUT2D eigenvalue weighted by Gasteiger charge is -2.38. The maximum atomic E-state index is 12.8. The molecular weight excluding hydrogens is 312 g/mol. The summed E-state index contributed by atoms with van der Waals surface area (Å²) in [4.78, 5) is 14.8. The maximum absolute atomic E-state index is 12.8. The van der Waals surface area contributed by atoms with Gasteiger partial charge in [-0.1, -0.05) is 29.8 Å². The Morgan fingerprint density at radius 3 is 2.72 bits per heavy atom. The van der Waals surface area contributed by atoms with Gasteiger partial charge in [0.25, 0.3) is 5.91 Å². The highest BCUT2D eigenvalue weighted by molar-refractivity contribution is 5.94. The smallest absolute Gasteiger partial charge is 0.253 e. The number of piperidine rings is 1. The third kappa shape index (κ3) is 2.81. The normalized spacial score (nSPS) is 18.1. The molecule has 1 fully saturated rings. The number of rotatable bonds is 2. The van der Waals surface area contributed by atoms with E-state index in [1.165, 1.54) is 5.56 Å². The quantitative estimate of drug-likeness (QED) is 0.917. The molecule has 0 radical (unpaired) electrons. The SMILES string of the molecule is Cc1cccc(C(=O)N2CCC3(CC2)COc2ccc(CN)cc23)c1. The Kier molecular flexibility index (Phi) is 4.00. The zero-order valence-corrected chi connectivity index (χ0v) is 14.6. The van der Waals surface area contributed by atoms with Crippen molar-refractivity contribution in [3.05, 3.63) is 64.7 Å². The molecule has 4 heteroatoms. The molecule has 2 aliphatic rings. The molecule has 0 saturated carbocycles. The summed E-state index contributed by atoms with van der Waals surface area (Å²) in [7, 11) is 0. The fourth-order valence-electron chi connectivity index (χ4n) is 4.05. The van der Waals surface area contributed by atoms with Crippen molar-refractivity contribution >= 4 is 5.91 Å². The van der Waals surface area contributed by atoms with E-state index in [2.05, 4.69) is 6.07 Å². The van der Waals surface area contributed by atoms with Crippen molar-refractivity contribution in [3.8, 4) is 5.75 Å². The van der Waals surface area contributed by atoms with Crippen molar-refractivity contribution in [2.75, 3.05) is 19.7 Å². The Morgan fingerprint density at radius 1 is 1.20 bits per heavy atom. The van der Waals surface area contributed by atoms with Crippen molar-refractivity contribution in [2.45, 2.75) is 31.7 Å². The number of hydrogen-bond acceptors (Lipinski definition) is 3. The molecule has 0 atom stereocenters. The molecule has 0 aliphatic carbocycles. The van der Waals surface area contributed by atoms with E-state index in [9.17, 15) is 4.79 Å². The molecular formula is C21H24N2O2. The van der Waals surface area contributed by atoms with E-state index in [0.717, 1.165) is 48.4 Å². The number of nitrogens with zero attached hydrogens (tertiary/aromatic N) is 1. The standard InChI is InChI=1S/C21H24N2O2/c1-15-3-2-4-17(11-15)20(24)23-9-7-21(8-10-23)14-25-19-6-5-16(13-22)12-18(19)21/h2-6,11-12H,7-10,13-14,22H2,1H3. The Labute approximate surface area is 148 Å². The number of ether oxygens (including phenoxy) is 1. The molecule has 4 nitrogen and oxygen atoms in total. The molecule has 1 saturated heterocycles. The van der Waals surface area contributed by atoms with Gasteiger partial charge in [0.1, 0.15) is 5.75 Å². The molecule has 2 aromatic carbocycles. The Hall–Kier alpha value is -2.33. The molecule has 0 bridgehead atoms. The van der Waals surface area contributed by atoms with Crippen molar-refractivity contribution in [3.63, 3.8) is 0 Å². The highest BCUT2D eigenvalue weighted by Gasteiger charge is 2.43. The Bertz CT molecular complexity index is 807. The van der Waals surface area contributed by atoms with Crippen LogP contribution in [0, 0.1) is 6.92 Å². The zero-order chi connectivity index (χ0) is 17.4. The van der Waals surface area contributed by atoms with Crippen molar-refractivity contribution < 1.29 is 9.53 Å². The summed E-state index contributed by atoms with van der Waals surface area (Å²) in [6.45, 7) is 4.80. The van der Waals surface area contributed by atoms with Crippen molar-refractivity contribution in [2.24, 2.45) is 5.73 Å². The second-order valence-electron chi connectivity index (χ2n) is 7.27. The van der Waals surface area contributed by atoms with Gasteiger partial charge in [0, 0.05) is 36.2 Å². The maximum Gasteiger partial charge on any atom is 0.253 e. The lowest BCUT2D eigenvalue weighted by Crippen LogP contribution is -2.46. The van der Waals surface area contributed by atoms with Gasteiger partial charge in [-0.15, -0.1) is 0 Å². The number of fused-ring (bicyclic) bond motifs is 2. The Balaban J connectivity index is 1.52. The summed E-state index contributed by atoms with van der Waals surface area (Å²) in [5.74, 6) is 1.11. The van der Waals surface area contributed by atoms with Crippen LogP contribution in [0.15, 0.2) is 42.5 Å². The number of benzene rings is 2. The predicted octanol–water partition coefficient (Wildman–Crippen LogP) is 3.02. The Morgan fingerprint density at radius 2 is 2.00 bits per heavy atom. The van der Waals surface area contributed by atoms with Gasteiger partial charge in [-0.2, -0.15) is 0 Å². The van der Waals surface area contributed by atoms with Gasteiger partial charge < -0.3 is 15.4 Å². The highest BCUT2D eigenvalue weighted by Crippen LogP contribution is 2.45. The van der Waals surface area contributed by atoms with E-state index in [1.54, 1.807) is 0 Å². The topological polar surface area (TPSA) is 55.6 Å². The number of aryl methyl sites for hydroxylation is 1. The molecule has 2 N–H and O–H groups in total. The summed E-state index contributed by atoms with van der Waals surface area (Å²) < 4.78 is 5.94. The highest BCUT2D eigenvalue weighted by atomic mass is 16.5. The number of carbonyl (C=O) groups excluding carboxylic acids is 1. The average Bonchev–Trinajstić information content (AvgIpc) is 2.99. The van der Waals surface area contributed by atoms with Crippen LogP contribution in [-0.2, 0) is 12.0 Å². The second-order valence-corrected chi connectivity index (χ2v) is 7.27. The van der Waals surface area contributed by atoms with E-state index < -0.39 is 0 Å². The average molecular weight is 336 g/mol. The third-order valence-corrected chi connectivity index (χ3v) is 5.63. The van der Waals surface area contributed by atoms with Gasteiger partial charge >= 0.3 is 0 Å². The molecule has 0 aromatic heterocycles. The summed E-state index contributed by atoms with van der Waals surface area (Å²) in [5, 5.41) is 0.